The Kier molecular flexibility index (Phi) is 9.56. The van der Waals surface area contributed by atoms with Gasteiger partial charge in [0.15, 0.2) is 0 Å². The number of amides is 4. The van der Waals surface area contributed by atoms with Crippen molar-refractivity contribution in [1.29, 1.82) is 0 Å². The van der Waals surface area contributed by atoms with Gasteiger partial charge in [-0.15, -0.1) is 11.3 Å². The van der Waals surface area contributed by atoms with Gasteiger partial charge in [0.05, 0.1) is 10.6 Å². The molecule has 1 aliphatic heterocycles. The number of hydrogen-bond acceptors (Lipinski definition) is 7. The van der Waals surface area contributed by atoms with Gasteiger partial charge in [0, 0.05) is 17.6 Å². The zero-order chi connectivity index (χ0) is 31.5. The topological polar surface area (TPSA) is 120 Å². The van der Waals surface area contributed by atoms with Gasteiger partial charge in [-0.2, -0.15) is 26.3 Å². The summed E-state index contributed by atoms with van der Waals surface area (Å²) in [5.74, 6) is -3.27. The van der Waals surface area contributed by atoms with Gasteiger partial charge in [-0.05, 0) is 79.0 Å². The maximum atomic E-state index is 13.2. The molecule has 2 aromatic heterocycles. The lowest BCUT2D eigenvalue weighted by Crippen LogP contribution is -2.43. The number of carboxylic acid groups (broad SMARTS) is 1. The van der Waals surface area contributed by atoms with Gasteiger partial charge in [-0.1, -0.05) is 6.07 Å². The van der Waals surface area contributed by atoms with Crippen LogP contribution in [-0.2, 0) is 16.1 Å². The van der Waals surface area contributed by atoms with Crippen LogP contribution in [0.5, 0.6) is 0 Å². The van der Waals surface area contributed by atoms with Crippen molar-refractivity contribution in [2.24, 2.45) is 0 Å². The molecule has 4 rings (SSSR count). The van der Waals surface area contributed by atoms with Crippen LogP contribution in [0.25, 0.3) is 0 Å². The molecule has 1 aliphatic rings. The molecule has 3 aromatic rings. The van der Waals surface area contributed by atoms with Crippen molar-refractivity contribution in [1.82, 2.24) is 9.88 Å². The summed E-state index contributed by atoms with van der Waals surface area (Å²) in [6.07, 6.45) is -3.59. The number of urea groups is 1. The number of aliphatic carboxylic acids is 1. The Morgan fingerprint density at radius 3 is 2.19 bits per heavy atom. The van der Waals surface area contributed by atoms with Crippen molar-refractivity contribution in [3.05, 3.63) is 70.5 Å². The van der Waals surface area contributed by atoms with Gasteiger partial charge < -0.3 is 15.3 Å². The highest BCUT2D eigenvalue weighted by Crippen LogP contribution is 2.39. The second kappa shape index (κ2) is 12.4. The maximum absolute atomic E-state index is 13.2. The number of nitrogens with one attached hydrogen (secondary N) is 1. The number of anilines is 2. The molecule has 0 aliphatic carbocycles. The first-order chi connectivity index (χ1) is 19.4. The highest BCUT2D eigenvalue weighted by Gasteiger charge is 2.51. The number of pyridine rings is 1. The predicted molar refractivity (Wildman–Crippen MR) is 141 cm³/mol. The average Bonchev–Trinajstić information content (AvgIpc) is 3.47. The van der Waals surface area contributed by atoms with E-state index in [4.69, 9.17) is 9.90 Å². The average molecular weight is 635 g/mol. The molecule has 0 atom stereocenters. The molecule has 1 fully saturated rings. The highest BCUT2D eigenvalue weighted by atomic mass is 32.2. The Morgan fingerprint density at radius 2 is 1.67 bits per heavy atom. The highest BCUT2D eigenvalue weighted by molar-refractivity contribution is 8.00. The lowest BCUT2D eigenvalue weighted by Gasteiger charge is -2.27. The van der Waals surface area contributed by atoms with Crippen molar-refractivity contribution >= 4 is 58.4 Å². The van der Waals surface area contributed by atoms with Crippen LogP contribution < -0.4 is 10.2 Å². The standard InChI is InChI=1S/C23H19F3N4O3S2.C2HF3O2/c1-22(2)20(32)30(15-5-7-16(8-6-15)35-23(24,25)26)21(33)29(22)13-14-9-10-27-18(12-14)28-19(31)17-4-3-11-34-17;3-2(4,5)1(6)7/h3-12H,13H2,1-2H3,(H,27,28,31);(H,6,7). The van der Waals surface area contributed by atoms with Crippen LogP contribution in [0.15, 0.2) is 65.0 Å². The van der Waals surface area contributed by atoms with E-state index < -0.39 is 35.1 Å². The molecule has 4 amide bonds. The minimum atomic E-state index is -5.08. The third kappa shape index (κ3) is 8.00. The van der Waals surface area contributed by atoms with Crippen LogP contribution in [0.2, 0.25) is 0 Å². The summed E-state index contributed by atoms with van der Waals surface area (Å²) in [6.45, 7) is 3.25. The van der Waals surface area contributed by atoms with Crippen molar-refractivity contribution < 1.29 is 50.6 Å². The summed E-state index contributed by atoms with van der Waals surface area (Å²) < 4.78 is 69.6. The second-order valence-corrected chi connectivity index (χ2v) is 11.0. The molecule has 0 unspecified atom stereocenters. The van der Waals surface area contributed by atoms with Gasteiger partial charge in [0.1, 0.15) is 11.4 Å². The first-order valence-corrected chi connectivity index (χ1v) is 13.2. The largest absolute Gasteiger partial charge is 0.490 e. The van der Waals surface area contributed by atoms with E-state index in [1.54, 1.807) is 43.5 Å². The van der Waals surface area contributed by atoms with Crippen LogP contribution in [0, 0.1) is 0 Å². The van der Waals surface area contributed by atoms with Gasteiger partial charge in [-0.25, -0.2) is 19.5 Å². The molecule has 42 heavy (non-hydrogen) atoms. The molecule has 0 bridgehead atoms. The minimum Gasteiger partial charge on any atom is -0.475 e. The molecule has 17 heteroatoms. The smallest absolute Gasteiger partial charge is 0.475 e. The number of aromatic nitrogens is 1. The Balaban J connectivity index is 0.000000616. The Labute approximate surface area is 242 Å². The number of thioether (sulfide) groups is 1. The fourth-order valence-corrected chi connectivity index (χ4v) is 4.69. The fourth-order valence-electron chi connectivity index (χ4n) is 3.53. The number of imide groups is 1. The van der Waals surface area contributed by atoms with E-state index in [1.807, 2.05) is 0 Å². The van der Waals surface area contributed by atoms with E-state index in [0.29, 0.717) is 16.3 Å². The Morgan fingerprint density at radius 1 is 1.05 bits per heavy atom. The van der Waals surface area contributed by atoms with E-state index in [2.05, 4.69) is 10.3 Å². The number of carboxylic acids is 1. The zero-order valence-corrected chi connectivity index (χ0v) is 23.1. The monoisotopic (exact) mass is 634 g/mol. The van der Waals surface area contributed by atoms with Crippen LogP contribution in [0.1, 0.15) is 29.1 Å². The maximum Gasteiger partial charge on any atom is 0.490 e. The molecule has 3 heterocycles. The molecule has 1 saturated heterocycles. The second-order valence-electron chi connectivity index (χ2n) is 8.89. The quantitative estimate of drug-likeness (QED) is 0.183. The van der Waals surface area contributed by atoms with Gasteiger partial charge in [0.2, 0.25) is 0 Å². The number of rotatable bonds is 6. The molecule has 1 aromatic carbocycles. The normalized spacial score (nSPS) is 14.9. The molecular formula is C25H20F6N4O5S2. The number of nitrogens with zero attached hydrogens (tertiary/aromatic N) is 3. The first-order valence-electron chi connectivity index (χ1n) is 11.5. The van der Waals surface area contributed by atoms with Crippen LogP contribution in [0.4, 0.5) is 42.6 Å². The third-order valence-corrected chi connectivity index (χ3v) is 7.15. The summed E-state index contributed by atoms with van der Waals surface area (Å²) >= 11 is 1.02. The third-order valence-electron chi connectivity index (χ3n) is 5.55. The van der Waals surface area contributed by atoms with Crippen molar-refractivity contribution in [3.63, 3.8) is 0 Å². The van der Waals surface area contributed by atoms with Gasteiger partial charge in [-0.3, -0.25) is 9.59 Å². The summed E-state index contributed by atoms with van der Waals surface area (Å²) in [7, 11) is 0. The molecule has 2 N–H and O–H groups in total. The number of carbonyl (C=O) groups is 4. The van der Waals surface area contributed by atoms with Crippen LogP contribution >= 0.6 is 23.1 Å². The SMILES string of the molecule is CC1(C)C(=O)N(c2ccc(SC(F)(F)F)cc2)C(=O)N1Cc1ccnc(NC(=O)c2cccs2)c1.O=C(O)C(F)(F)F. The molecule has 0 saturated carbocycles. The minimum absolute atomic E-state index is 0.0506. The number of benzene rings is 1. The van der Waals surface area contributed by atoms with Gasteiger partial charge >= 0.3 is 23.7 Å². The molecular weight excluding hydrogens is 614 g/mol. The summed E-state index contributed by atoms with van der Waals surface area (Å²) in [6, 6.07) is 11.2. The summed E-state index contributed by atoms with van der Waals surface area (Å²) in [4.78, 5) is 54.5. The zero-order valence-electron chi connectivity index (χ0n) is 21.5. The molecule has 9 nitrogen and oxygen atoms in total. The molecule has 224 valence electrons. The molecule has 0 spiro atoms. The lowest BCUT2D eigenvalue weighted by molar-refractivity contribution is -0.192. The van der Waals surface area contributed by atoms with E-state index in [-0.39, 0.29) is 34.8 Å². The van der Waals surface area contributed by atoms with Crippen molar-refractivity contribution in [2.45, 2.75) is 42.5 Å². The number of thiophene rings is 1. The first kappa shape index (κ1) is 32.4. The van der Waals surface area contributed by atoms with Crippen molar-refractivity contribution in [3.8, 4) is 0 Å². The number of halogens is 6. The van der Waals surface area contributed by atoms with Crippen molar-refractivity contribution in [2.75, 3.05) is 10.2 Å². The summed E-state index contributed by atoms with van der Waals surface area (Å²) in [5, 5.41) is 11.6. The Hall–Kier alpha value is -4.12. The van der Waals surface area contributed by atoms with E-state index in [1.165, 1.54) is 46.7 Å². The molecule has 0 radical (unpaired) electrons. The predicted octanol–water partition coefficient (Wildman–Crippen LogP) is 6.39. The summed E-state index contributed by atoms with van der Waals surface area (Å²) in [5.41, 5.74) is -4.83. The number of hydrogen-bond donors (Lipinski definition) is 2. The Bertz CT molecular complexity index is 1460. The van der Waals surface area contributed by atoms with E-state index in [0.717, 1.165) is 4.90 Å². The lowest BCUT2D eigenvalue weighted by atomic mass is 10.0. The van der Waals surface area contributed by atoms with Crippen LogP contribution in [0.3, 0.4) is 0 Å². The van der Waals surface area contributed by atoms with E-state index >= 15 is 0 Å². The van der Waals surface area contributed by atoms with E-state index in [9.17, 15) is 40.7 Å². The number of carbonyl (C=O) groups excluding carboxylic acids is 3. The van der Waals surface area contributed by atoms with Crippen LogP contribution in [-0.4, -0.2) is 56.0 Å². The van der Waals surface area contributed by atoms with Gasteiger partial charge in [0.25, 0.3) is 11.8 Å². The fraction of sp³-hybridized carbons (Fsp3) is 0.240. The number of alkyl halides is 6.